The molecule has 20 heavy (non-hydrogen) atoms. The first-order valence-electron chi connectivity index (χ1n) is 7.18. The number of benzene rings is 1. The summed E-state index contributed by atoms with van der Waals surface area (Å²) in [5, 5.41) is 4.33. The third-order valence-corrected chi connectivity index (χ3v) is 4.31. The number of carbonyl (C=O) groups excluding carboxylic acids is 1. The van der Waals surface area contributed by atoms with Crippen LogP contribution < -0.4 is 5.32 Å². The second-order valence-electron chi connectivity index (χ2n) is 5.60. The quantitative estimate of drug-likeness (QED) is 0.835. The zero-order chi connectivity index (χ0) is 14.3. The predicted molar refractivity (Wildman–Crippen MR) is 81.3 cm³/mol. The lowest BCUT2D eigenvalue weighted by Crippen LogP contribution is -2.46. The fraction of sp³-hybridized carbons (Fsp3) is 0.438. The van der Waals surface area contributed by atoms with Crippen LogP contribution in [0.1, 0.15) is 27.2 Å². The number of aryl methyl sites for hydroxylation is 3. The number of hydrogen-bond donors (Lipinski definition) is 2. The van der Waals surface area contributed by atoms with Crippen molar-refractivity contribution in [3.63, 3.8) is 0 Å². The van der Waals surface area contributed by atoms with E-state index in [2.05, 4.69) is 36.3 Å². The highest BCUT2D eigenvalue weighted by molar-refractivity contribution is 6.08. The third kappa shape index (κ3) is 2.00. The lowest BCUT2D eigenvalue weighted by molar-refractivity contribution is 0.0737. The normalized spacial score (nSPS) is 15.8. The summed E-state index contributed by atoms with van der Waals surface area (Å²) in [6.07, 6.45) is 0. The Labute approximate surface area is 119 Å². The summed E-state index contributed by atoms with van der Waals surface area (Å²) < 4.78 is 0. The molecule has 106 valence electrons. The van der Waals surface area contributed by atoms with Crippen LogP contribution in [0.15, 0.2) is 12.1 Å². The molecule has 1 aromatic carbocycles. The van der Waals surface area contributed by atoms with Gasteiger partial charge in [-0.1, -0.05) is 12.1 Å². The van der Waals surface area contributed by atoms with Crippen molar-refractivity contribution in [2.75, 3.05) is 26.2 Å². The molecule has 0 atom stereocenters. The second-order valence-corrected chi connectivity index (χ2v) is 5.60. The number of piperazine rings is 1. The number of fused-ring (bicyclic) bond motifs is 1. The molecule has 1 saturated heterocycles. The van der Waals surface area contributed by atoms with Crippen LogP contribution in [0.5, 0.6) is 0 Å². The Morgan fingerprint density at radius 1 is 1.15 bits per heavy atom. The van der Waals surface area contributed by atoms with E-state index in [4.69, 9.17) is 0 Å². The fourth-order valence-corrected chi connectivity index (χ4v) is 2.94. The van der Waals surface area contributed by atoms with Crippen LogP contribution in [0.2, 0.25) is 0 Å². The van der Waals surface area contributed by atoms with Crippen molar-refractivity contribution in [3.8, 4) is 0 Å². The molecule has 1 fully saturated rings. The molecule has 0 bridgehead atoms. The number of hydrogen-bond acceptors (Lipinski definition) is 2. The van der Waals surface area contributed by atoms with Crippen LogP contribution in [-0.4, -0.2) is 42.0 Å². The van der Waals surface area contributed by atoms with Crippen LogP contribution in [-0.2, 0) is 0 Å². The molecule has 4 heteroatoms. The Bertz CT molecular complexity index is 666. The first-order valence-corrected chi connectivity index (χ1v) is 7.18. The van der Waals surface area contributed by atoms with Gasteiger partial charge in [0.25, 0.3) is 5.91 Å². The number of amides is 1. The van der Waals surface area contributed by atoms with Gasteiger partial charge in [0.15, 0.2) is 0 Å². The monoisotopic (exact) mass is 271 g/mol. The molecule has 2 heterocycles. The smallest absolute Gasteiger partial charge is 0.256 e. The number of carbonyl (C=O) groups is 1. The molecule has 1 amide bonds. The van der Waals surface area contributed by atoms with Gasteiger partial charge in [-0.15, -0.1) is 0 Å². The molecule has 0 aliphatic carbocycles. The van der Waals surface area contributed by atoms with Crippen molar-refractivity contribution in [1.82, 2.24) is 15.2 Å². The molecule has 2 aromatic rings. The maximum absolute atomic E-state index is 12.8. The van der Waals surface area contributed by atoms with Gasteiger partial charge in [-0.2, -0.15) is 0 Å². The Morgan fingerprint density at radius 3 is 2.55 bits per heavy atom. The summed E-state index contributed by atoms with van der Waals surface area (Å²) in [6.45, 7) is 9.53. The minimum atomic E-state index is 0.151. The molecule has 0 saturated carbocycles. The Kier molecular flexibility index (Phi) is 3.26. The minimum absolute atomic E-state index is 0.151. The van der Waals surface area contributed by atoms with Gasteiger partial charge in [0.2, 0.25) is 0 Å². The van der Waals surface area contributed by atoms with E-state index in [1.54, 1.807) is 0 Å². The summed E-state index contributed by atoms with van der Waals surface area (Å²) in [5.74, 6) is 0.151. The number of aromatic amines is 1. The van der Waals surface area contributed by atoms with E-state index in [0.717, 1.165) is 48.3 Å². The van der Waals surface area contributed by atoms with Crippen molar-refractivity contribution in [2.45, 2.75) is 20.8 Å². The maximum atomic E-state index is 12.8. The molecule has 1 aliphatic heterocycles. The van der Waals surface area contributed by atoms with Crippen LogP contribution in [0.25, 0.3) is 10.9 Å². The van der Waals surface area contributed by atoms with Crippen LogP contribution >= 0.6 is 0 Å². The molecular weight excluding hydrogens is 250 g/mol. The first-order chi connectivity index (χ1) is 9.59. The van der Waals surface area contributed by atoms with Crippen LogP contribution in [0.4, 0.5) is 0 Å². The standard InChI is InChI=1S/C16H21N3O/c1-10-4-5-13-14(12(3)18-15(13)11(10)2)16(20)19-8-6-17-7-9-19/h4-5,17-18H,6-9H2,1-3H3. The Hall–Kier alpha value is -1.81. The average molecular weight is 271 g/mol. The van der Waals surface area contributed by atoms with Crippen molar-refractivity contribution >= 4 is 16.8 Å². The minimum Gasteiger partial charge on any atom is -0.358 e. The second kappa shape index (κ2) is 4.94. The summed E-state index contributed by atoms with van der Waals surface area (Å²) >= 11 is 0. The van der Waals surface area contributed by atoms with E-state index in [0.29, 0.717) is 0 Å². The average Bonchev–Trinajstić information content (AvgIpc) is 2.80. The number of nitrogens with zero attached hydrogens (tertiary/aromatic N) is 1. The lowest BCUT2D eigenvalue weighted by atomic mass is 10.0. The summed E-state index contributed by atoms with van der Waals surface area (Å²) in [7, 11) is 0. The molecule has 4 nitrogen and oxygen atoms in total. The van der Waals surface area contributed by atoms with E-state index in [1.165, 1.54) is 11.1 Å². The zero-order valence-electron chi connectivity index (χ0n) is 12.3. The number of nitrogens with one attached hydrogen (secondary N) is 2. The number of rotatable bonds is 1. The van der Waals surface area contributed by atoms with Gasteiger partial charge in [-0.05, 0) is 31.9 Å². The predicted octanol–water partition coefficient (Wildman–Crippen LogP) is 2.14. The zero-order valence-corrected chi connectivity index (χ0v) is 12.3. The number of H-pyrrole nitrogens is 1. The molecule has 2 N–H and O–H groups in total. The van der Waals surface area contributed by atoms with E-state index in [1.807, 2.05) is 11.8 Å². The highest BCUT2D eigenvalue weighted by Crippen LogP contribution is 2.27. The van der Waals surface area contributed by atoms with Crippen LogP contribution in [0.3, 0.4) is 0 Å². The van der Waals surface area contributed by atoms with Crippen molar-refractivity contribution in [1.29, 1.82) is 0 Å². The van der Waals surface area contributed by atoms with Gasteiger partial charge < -0.3 is 15.2 Å². The first kappa shape index (κ1) is 13.2. The van der Waals surface area contributed by atoms with Gasteiger partial charge in [-0.3, -0.25) is 4.79 Å². The van der Waals surface area contributed by atoms with Crippen molar-refractivity contribution in [3.05, 3.63) is 34.5 Å². The molecule has 1 aliphatic rings. The molecule has 1 aromatic heterocycles. The Balaban J connectivity index is 2.09. The SMILES string of the molecule is Cc1ccc2c(C(=O)N3CCNCC3)c(C)[nH]c2c1C. The van der Waals surface area contributed by atoms with Gasteiger partial charge >= 0.3 is 0 Å². The van der Waals surface area contributed by atoms with Crippen molar-refractivity contribution < 1.29 is 4.79 Å². The largest absolute Gasteiger partial charge is 0.358 e. The van der Waals surface area contributed by atoms with E-state index in [9.17, 15) is 4.79 Å². The summed E-state index contributed by atoms with van der Waals surface area (Å²) in [5.41, 5.74) is 5.38. The van der Waals surface area contributed by atoms with E-state index < -0.39 is 0 Å². The van der Waals surface area contributed by atoms with Gasteiger partial charge in [0.05, 0.1) is 5.56 Å². The van der Waals surface area contributed by atoms with Gasteiger partial charge in [-0.25, -0.2) is 0 Å². The molecule has 0 radical (unpaired) electrons. The molecule has 0 unspecified atom stereocenters. The fourth-order valence-electron chi connectivity index (χ4n) is 2.94. The van der Waals surface area contributed by atoms with Crippen LogP contribution in [0, 0.1) is 20.8 Å². The third-order valence-electron chi connectivity index (χ3n) is 4.31. The molecule has 0 spiro atoms. The van der Waals surface area contributed by atoms with Crippen molar-refractivity contribution in [2.24, 2.45) is 0 Å². The summed E-state index contributed by atoms with van der Waals surface area (Å²) in [6, 6.07) is 4.16. The summed E-state index contributed by atoms with van der Waals surface area (Å²) in [4.78, 5) is 18.1. The highest BCUT2D eigenvalue weighted by atomic mass is 16.2. The van der Waals surface area contributed by atoms with Gasteiger partial charge in [0, 0.05) is 42.8 Å². The maximum Gasteiger partial charge on any atom is 0.256 e. The highest BCUT2D eigenvalue weighted by Gasteiger charge is 2.23. The van der Waals surface area contributed by atoms with E-state index >= 15 is 0 Å². The lowest BCUT2D eigenvalue weighted by Gasteiger charge is -2.27. The topological polar surface area (TPSA) is 48.1 Å². The van der Waals surface area contributed by atoms with Gasteiger partial charge in [0.1, 0.15) is 0 Å². The Morgan fingerprint density at radius 2 is 1.85 bits per heavy atom. The molecular formula is C16H21N3O. The number of aromatic nitrogens is 1. The van der Waals surface area contributed by atoms with E-state index in [-0.39, 0.29) is 5.91 Å². The molecule has 3 rings (SSSR count).